The van der Waals surface area contributed by atoms with E-state index in [4.69, 9.17) is 5.73 Å². The number of amides is 1. The zero-order chi connectivity index (χ0) is 13.7. The van der Waals surface area contributed by atoms with Gasteiger partial charge in [0.05, 0.1) is 0 Å². The number of carbonyl (C=O) groups excluding carboxylic acids is 1. The Morgan fingerprint density at radius 1 is 1.22 bits per heavy atom. The van der Waals surface area contributed by atoms with Gasteiger partial charge in [-0.2, -0.15) is 0 Å². The first kappa shape index (κ1) is 14.6. The Morgan fingerprint density at radius 3 is 2.22 bits per heavy atom. The van der Waals surface area contributed by atoms with Crippen molar-refractivity contribution in [2.75, 3.05) is 0 Å². The summed E-state index contributed by atoms with van der Waals surface area (Å²) >= 11 is 0. The van der Waals surface area contributed by atoms with Crippen LogP contribution in [-0.4, -0.2) is 11.0 Å². The fourth-order valence-corrected chi connectivity index (χ4v) is 2.10. The van der Waals surface area contributed by atoms with Crippen molar-refractivity contribution in [1.82, 2.24) is 0 Å². The standard InChI is InChI=1S/C15H23NO2/c1-10(2)13(8-11(3)15(16)18)9-12-4-6-14(17)7-5-12/h4-7,10-11,13,17H,8-9H2,1-3H3,(H2,16,18)/t11-,13+/m0/s1. The third-order valence-electron chi connectivity index (χ3n) is 3.52. The van der Waals surface area contributed by atoms with Crippen LogP contribution in [0.2, 0.25) is 0 Å². The molecule has 100 valence electrons. The molecule has 1 aromatic carbocycles. The van der Waals surface area contributed by atoms with Crippen molar-refractivity contribution >= 4 is 5.91 Å². The van der Waals surface area contributed by atoms with Gasteiger partial charge in [0.2, 0.25) is 5.91 Å². The van der Waals surface area contributed by atoms with Crippen molar-refractivity contribution in [2.45, 2.75) is 33.6 Å². The Kier molecular flexibility index (Phi) is 5.20. The summed E-state index contributed by atoms with van der Waals surface area (Å²) in [6.45, 7) is 6.21. The number of phenols is 1. The van der Waals surface area contributed by atoms with Gasteiger partial charge >= 0.3 is 0 Å². The minimum Gasteiger partial charge on any atom is -0.508 e. The number of carbonyl (C=O) groups is 1. The lowest BCUT2D eigenvalue weighted by atomic mass is 9.82. The molecule has 0 radical (unpaired) electrons. The van der Waals surface area contributed by atoms with Crippen LogP contribution in [0.25, 0.3) is 0 Å². The van der Waals surface area contributed by atoms with E-state index in [1.807, 2.05) is 19.1 Å². The number of hydrogen-bond acceptors (Lipinski definition) is 2. The average Bonchev–Trinajstić information content (AvgIpc) is 2.30. The Balaban J connectivity index is 2.68. The average molecular weight is 249 g/mol. The van der Waals surface area contributed by atoms with Crippen LogP contribution in [-0.2, 0) is 11.2 Å². The topological polar surface area (TPSA) is 63.3 Å². The van der Waals surface area contributed by atoms with E-state index in [1.165, 1.54) is 5.56 Å². The van der Waals surface area contributed by atoms with Crippen LogP contribution in [0.4, 0.5) is 0 Å². The van der Waals surface area contributed by atoms with E-state index in [0.29, 0.717) is 11.8 Å². The van der Waals surface area contributed by atoms with Crippen molar-refractivity contribution in [3.63, 3.8) is 0 Å². The predicted molar refractivity (Wildman–Crippen MR) is 73.1 cm³/mol. The van der Waals surface area contributed by atoms with Gasteiger partial charge in [0, 0.05) is 5.92 Å². The number of hydrogen-bond donors (Lipinski definition) is 2. The molecular weight excluding hydrogens is 226 g/mol. The van der Waals surface area contributed by atoms with E-state index >= 15 is 0 Å². The van der Waals surface area contributed by atoms with Crippen LogP contribution < -0.4 is 5.73 Å². The van der Waals surface area contributed by atoms with E-state index in [2.05, 4.69) is 13.8 Å². The molecule has 1 rings (SSSR count). The third kappa shape index (κ3) is 4.40. The molecule has 0 fully saturated rings. The minimum atomic E-state index is -0.230. The monoisotopic (exact) mass is 249 g/mol. The zero-order valence-electron chi connectivity index (χ0n) is 11.4. The van der Waals surface area contributed by atoms with Gasteiger partial charge in [-0.15, -0.1) is 0 Å². The fraction of sp³-hybridized carbons (Fsp3) is 0.533. The maximum atomic E-state index is 11.1. The molecule has 0 heterocycles. The fourth-order valence-electron chi connectivity index (χ4n) is 2.10. The van der Waals surface area contributed by atoms with Crippen molar-refractivity contribution in [1.29, 1.82) is 0 Å². The summed E-state index contributed by atoms with van der Waals surface area (Å²) in [6.07, 6.45) is 1.73. The summed E-state index contributed by atoms with van der Waals surface area (Å²) in [5.74, 6) is 0.892. The summed E-state index contributed by atoms with van der Waals surface area (Å²) in [5, 5.41) is 9.26. The van der Waals surface area contributed by atoms with E-state index in [9.17, 15) is 9.90 Å². The Bertz CT molecular complexity index is 384. The molecule has 0 saturated carbocycles. The quantitative estimate of drug-likeness (QED) is 0.814. The highest BCUT2D eigenvalue weighted by Crippen LogP contribution is 2.25. The highest BCUT2D eigenvalue weighted by atomic mass is 16.3. The maximum absolute atomic E-state index is 11.1. The second-order valence-electron chi connectivity index (χ2n) is 5.41. The van der Waals surface area contributed by atoms with E-state index in [-0.39, 0.29) is 17.6 Å². The normalized spacial score (nSPS) is 14.4. The molecule has 0 bridgehead atoms. The molecule has 18 heavy (non-hydrogen) atoms. The molecule has 1 aromatic rings. The van der Waals surface area contributed by atoms with Gasteiger partial charge in [0.1, 0.15) is 5.75 Å². The molecule has 0 saturated heterocycles. The zero-order valence-corrected chi connectivity index (χ0v) is 11.4. The van der Waals surface area contributed by atoms with Crippen molar-refractivity contribution in [3.8, 4) is 5.75 Å². The molecule has 0 aliphatic rings. The van der Waals surface area contributed by atoms with Crippen molar-refractivity contribution in [2.24, 2.45) is 23.5 Å². The summed E-state index contributed by atoms with van der Waals surface area (Å²) in [7, 11) is 0. The van der Waals surface area contributed by atoms with E-state index in [0.717, 1.165) is 12.8 Å². The van der Waals surface area contributed by atoms with Gasteiger partial charge in [-0.3, -0.25) is 4.79 Å². The van der Waals surface area contributed by atoms with Crippen molar-refractivity contribution in [3.05, 3.63) is 29.8 Å². The second kappa shape index (κ2) is 6.43. The van der Waals surface area contributed by atoms with E-state index in [1.54, 1.807) is 12.1 Å². The number of primary amides is 1. The van der Waals surface area contributed by atoms with Gasteiger partial charge in [-0.1, -0.05) is 32.9 Å². The number of aromatic hydroxyl groups is 1. The summed E-state index contributed by atoms with van der Waals surface area (Å²) in [4.78, 5) is 11.1. The summed E-state index contributed by atoms with van der Waals surface area (Å²) in [5.41, 5.74) is 6.51. The van der Waals surface area contributed by atoms with Crippen molar-refractivity contribution < 1.29 is 9.90 Å². The smallest absolute Gasteiger partial charge is 0.220 e. The lowest BCUT2D eigenvalue weighted by Crippen LogP contribution is -2.25. The molecule has 3 heteroatoms. The van der Waals surface area contributed by atoms with Crippen LogP contribution >= 0.6 is 0 Å². The summed E-state index contributed by atoms with van der Waals surface area (Å²) < 4.78 is 0. The van der Waals surface area contributed by atoms with Gasteiger partial charge < -0.3 is 10.8 Å². The molecule has 3 N–H and O–H groups in total. The highest BCUT2D eigenvalue weighted by Gasteiger charge is 2.20. The molecule has 0 spiro atoms. The Hall–Kier alpha value is -1.51. The Labute approximate surface area is 109 Å². The third-order valence-corrected chi connectivity index (χ3v) is 3.52. The van der Waals surface area contributed by atoms with Crippen LogP contribution in [0.5, 0.6) is 5.75 Å². The lowest BCUT2D eigenvalue weighted by Gasteiger charge is -2.23. The molecule has 0 aliphatic heterocycles. The first-order valence-corrected chi connectivity index (χ1v) is 6.47. The first-order chi connectivity index (χ1) is 8.40. The number of rotatable bonds is 6. The van der Waals surface area contributed by atoms with Crippen LogP contribution in [0.1, 0.15) is 32.8 Å². The number of phenolic OH excluding ortho intramolecular Hbond substituents is 1. The van der Waals surface area contributed by atoms with Gasteiger partial charge in [0.15, 0.2) is 0 Å². The second-order valence-corrected chi connectivity index (χ2v) is 5.41. The summed E-state index contributed by atoms with van der Waals surface area (Å²) in [6, 6.07) is 7.26. The first-order valence-electron chi connectivity index (χ1n) is 6.47. The number of benzene rings is 1. The molecule has 0 unspecified atom stereocenters. The predicted octanol–water partition coefficient (Wildman–Crippen LogP) is 2.72. The molecule has 0 aliphatic carbocycles. The highest BCUT2D eigenvalue weighted by molar-refractivity contribution is 5.76. The van der Waals surface area contributed by atoms with Gasteiger partial charge in [0.25, 0.3) is 0 Å². The maximum Gasteiger partial charge on any atom is 0.220 e. The van der Waals surface area contributed by atoms with Crippen LogP contribution in [0.3, 0.4) is 0 Å². The van der Waals surface area contributed by atoms with E-state index < -0.39 is 0 Å². The molecular formula is C15H23NO2. The molecule has 2 atom stereocenters. The molecule has 1 amide bonds. The van der Waals surface area contributed by atoms with Gasteiger partial charge in [-0.05, 0) is 42.4 Å². The lowest BCUT2D eigenvalue weighted by molar-refractivity contribution is -0.121. The number of nitrogens with two attached hydrogens (primary N) is 1. The SMILES string of the molecule is CC(C)[C@@H](Cc1ccc(O)cc1)C[C@H](C)C(N)=O. The molecule has 0 aromatic heterocycles. The Morgan fingerprint density at radius 2 is 1.78 bits per heavy atom. The molecule has 3 nitrogen and oxygen atoms in total. The van der Waals surface area contributed by atoms with Crippen LogP contribution in [0.15, 0.2) is 24.3 Å². The van der Waals surface area contributed by atoms with Crippen LogP contribution in [0, 0.1) is 17.8 Å². The minimum absolute atomic E-state index is 0.0884. The largest absolute Gasteiger partial charge is 0.508 e. The van der Waals surface area contributed by atoms with Gasteiger partial charge in [-0.25, -0.2) is 0 Å².